The Balaban J connectivity index is 0. The van der Waals surface area contributed by atoms with E-state index in [0.717, 1.165) is 11.4 Å². The van der Waals surface area contributed by atoms with Crippen molar-refractivity contribution >= 4 is 0 Å². The summed E-state index contributed by atoms with van der Waals surface area (Å²) in [4.78, 5) is 4.16. The van der Waals surface area contributed by atoms with Gasteiger partial charge in [0.25, 0.3) is 0 Å². The van der Waals surface area contributed by atoms with Gasteiger partial charge in [-0.2, -0.15) is 5.10 Å². The molecule has 1 aromatic heterocycles. The number of aromatic nitrogens is 3. The van der Waals surface area contributed by atoms with Crippen LogP contribution in [-0.4, -0.2) is 27.3 Å². The predicted molar refractivity (Wildman–Crippen MR) is 88.8 cm³/mol. The number of nitrogens with zero attached hydrogens (tertiary/aromatic N) is 2. The molecule has 0 unspecified atom stereocenters. The summed E-state index contributed by atoms with van der Waals surface area (Å²) >= 11 is 0. The first-order valence-electron chi connectivity index (χ1n) is 7.14. The van der Waals surface area contributed by atoms with E-state index in [1.165, 1.54) is 6.42 Å². The molecule has 5 N–H and O–H groups in total. The van der Waals surface area contributed by atoms with Crippen LogP contribution in [0.3, 0.4) is 0 Å². The Labute approximate surface area is 127 Å². The van der Waals surface area contributed by atoms with E-state index in [0.29, 0.717) is 5.82 Å². The Morgan fingerprint density at radius 2 is 1.62 bits per heavy atom. The SMILES string of the molecule is CC.CCC.CNN.Cc1nc(-c2ccc(O)cc2)n[nH]1. The number of phenols is 1. The number of nitrogens with two attached hydrogens (primary N) is 1. The van der Waals surface area contributed by atoms with Gasteiger partial charge in [-0.25, -0.2) is 4.98 Å². The molecule has 0 radical (unpaired) electrons. The molecule has 6 nitrogen and oxygen atoms in total. The monoisotopic (exact) mass is 295 g/mol. The summed E-state index contributed by atoms with van der Waals surface area (Å²) in [6, 6.07) is 6.78. The number of aromatic amines is 1. The molecular weight excluding hydrogens is 266 g/mol. The van der Waals surface area contributed by atoms with Gasteiger partial charge in [-0.05, 0) is 38.2 Å². The van der Waals surface area contributed by atoms with Gasteiger partial charge in [-0.15, -0.1) is 0 Å². The lowest BCUT2D eigenvalue weighted by atomic mass is 10.2. The Morgan fingerprint density at radius 3 is 1.95 bits per heavy atom. The number of H-pyrrole nitrogens is 1. The maximum atomic E-state index is 9.06. The third-order valence-electron chi connectivity index (χ3n) is 1.72. The number of nitrogens with one attached hydrogen (secondary N) is 2. The second-order valence-electron chi connectivity index (χ2n) is 3.79. The van der Waals surface area contributed by atoms with Crippen LogP contribution in [0.4, 0.5) is 0 Å². The molecule has 120 valence electrons. The van der Waals surface area contributed by atoms with Crippen molar-refractivity contribution in [1.82, 2.24) is 20.6 Å². The van der Waals surface area contributed by atoms with E-state index in [-0.39, 0.29) is 5.75 Å². The largest absolute Gasteiger partial charge is 0.508 e. The summed E-state index contributed by atoms with van der Waals surface area (Å²) in [5, 5.41) is 15.8. The van der Waals surface area contributed by atoms with Crippen LogP contribution in [0, 0.1) is 6.92 Å². The maximum Gasteiger partial charge on any atom is 0.181 e. The van der Waals surface area contributed by atoms with Gasteiger partial charge in [0.05, 0.1) is 0 Å². The molecule has 0 atom stereocenters. The Morgan fingerprint density at radius 1 is 1.19 bits per heavy atom. The summed E-state index contributed by atoms with van der Waals surface area (Å²) in [6.45, 7) is 10.1. The van der Waals surface area contributed by atoms with E-state index in [2.05, 4.69) is 40.3 Å². The number of hydrogen-bond acceptors (Lipinski definition) is 5. The van der Waals surface area contributed by atoms with Gasteiger partial charge >= 0.3 is 0 Å². The molecule has 1 heterocycles. The fourth-order valence-corrected chi connectivity index (χ4v) is 1.08. The lowest BCUT2D eigenvalue weighted by Crippen LogP contribution is -2.13. The molecule has 0 aliphatic rings. The Kier molecular flexibility index (Phi) is 14.8. The van der Waals surface area contributed by atoms with Crippen molar-refractivity contribution in [2.45, 2.75) is 41.0 Å². The van der Waals surface area contributed by atoms with Crippen LogP contribution < -0.4 is 11.3 Å². The zero-order valence-electron chi connectivity index (χ0n) is 13.9. The van der Waals surface area contributed by atoms with E-state index in [9.17, 15) is 0 Å². The minimum absolute atomic E-state index is 0.246. The van der Waals surface area contributed by atoms with Gasteiger partial charge in [0.2, 0.25) is 0 Å². The number of hydrazine groups is 1. The van der Waals surface area contributed by atoms with Crippen molar-refractivity contribution in [3.63, 3.8) is 0 Å². The normalized spacial score (nSPS) is 8.33. The van der Waals surface area contributed by atoms with E-state index in [1.807, 2.05) is 20.8 Å². The lowest BCUT2D eigenvalue weighted by molar-refractivity contribution is 0.475. The zero-order chi connectivity index (χ0) is 16.7. The summed E-state index contributed by atoms with van der Waals surface area (Å²) in [5.74, 6) is 6.27. The molecule has 0 saturated heterocycles. The second kappa shape index (κ2) is 14.5. The number of hydrogen-bond donors (Lipinski definition) is 4. The fraction of sp³-hybridized carbons (Fsp3) is 0.467. The third kappa shape index (κ3) is 10.5. The first-order chi connectivity index (χ1) is 10.1. The van der Waals surface area contributed by atoms with E-state index in [4.69, 9.17) is 5.11 Å². The summed E-state index contributed by atoms with van der Waals surface area (Å²) in [7, 11) is 1.65. The van der Waals surface area contributed by atoms with Crippen molar-refractivity contribution in [1.29, 1.82) is 0 Å². The van der Waals surface area contributed by atoms with Crippen LogP contribution in [0.25, 0.3) is 11.4 Å². The molecule has 6 heteroatoms. The van der Waals surface area contributed by atoms with Crippen molar-refractivity contribution < 1.29 is 5.11 Å². The van der Waals surface area contributed by atoms with E-state index < -0.39 is 0 Å². The van der Waals surface area contributed by atoms with Crippen molar-refractivity contribution in [3.05, 3.63) is 30.1 Å². The predicted octanol–water partition coefficient (Wildman–Crippen LogP) is 3.01. The highest BCUT2D eigenvalue weighted by molar-refractivity contribution is 5.55. The average molecular weight is 295 g/mol. The molecular formula is C15H29N5O. The molecule has 0 amide bonds. The molecule has 2 rings (SSSR count). The van der Waals surface area contributed by atoms with Gasteiger partial charge in [0, 0.05) is 5.56 Å². The molecule has 2 aromatic rings. The molecule has 0 spiro atoms. The van der Waals surface area contributed by atoms with E-state index in [1.54, 1.807) is 31.3 Å². The topological polar surface area (TPSA) is 99.8 Å². The van der Waals surface area contributed by atoms with Crippen LogP contribution in [0.15, 0.2) is 24.3 Å². The maximum absolute atomic E-state index is 9.06. The van der Waals surface area contributed by atoms with E-state index >= 15 is 0 Å². The Hall–Kier alpha value is -1.92. The van der Waals surface area contributed by atoms with Gasteiger partial charge in [0.15, 0.2) is 5.82 Å². The van der Waals surface area contributed by atoms with Crippen molar-refractivity contribution in [2.75, 3.05) is 7.05 Å². The molecule has 0 aliphatic carbocycles. The number of aryl methyl sites for hydroxylation is 1. The highest BCUT2D eigenvalue weighted by Gasteiger charge is 2.02. The minimum Gasteiger partial charge on any atom is -0.508 e. The number of phenolic OH excluding ortho intramolecular Hbond substituents is 1. The first-order valence-corrected chi connectivity index (χ1v) is 7.14. The number of rotatable bonds is 1. The van der Waals surface area contributed by atoms with Gasteiger partial charge in [-0.3, -0.25) is 16.4 Å². The molecule has 21 heavy (non-hydrogen) atoms. The number of aromatic hydroxyl groups is 1. The molecule has 1 aromatic carbocycles. The quantitative estimate of drug-likeness (QED) is 0.479. The highest BCUT2D eigenvalue weighted by Crippen LogP contribution is 2.17. The van der Waals surface area contributed by atoms with Crippen LogP contribution in [0.1, 0.15) is 39.9 Å². The second-order valence-corrected chi connectivity index (χ2v) is 3.79. The van der Waals surface area contributed by atoms with Crippen LogP contribution in [0.5, 0.6) is 5.75 Å². The first kappa shape index (κ1) is 21.4. The molecule has 0 aliphatic heterocycles. The minimum atomic E-state index is 0.246. The molecule has 0 saturated carbocycles. The third-order valence-corrected chi connectivity index (χ3v) is 1.72. The molecule has 0 fully saturated rings. The van der Waals surface area contributed by atoms with Crippen LogP contribution >= 0.6 is 0 Å². The highest BCUT2D eigenvalue weighted by atomic mass is 16.3. The summed E-state index contributed by atoms with van der Waals surface area (Å²) < 4.78 is 0. The van der Waals surface area contributed by atoms with Gasteiger partial charge in [0.1, 0.15) is 11.6 Å². The lowest BCUT2D eigenvalue weighted by Gasteiger charge is -1.94. The average Bonchev–Trinajstić information content (AvgIpc) is 2.90. The van der Waals surface area contributed by atoms with Crippen molar-refractivity contribution in [2.24, 2.45) is 5.84 Å². The summed E-state index contributed by atoms with van der Waals surface area (Å²) in [5.41, 5.74) is 3.14. The van der Waals surface area contributed by atoms with Crippen LogP contribution in [-0.2, 0) is 0 Å². The van der Waals surface area contributed by atoms with Gasteiger partial charge < -0.3 is 5.11 Å². The van der Waals surface area contributed by atoms with Gasteiger partial charge in [-0.1, -0.05) is 34.1 Å². The smallest absolute Gasteiger partial charge is 0.181 e. The number of benzene rings is 1. The summed E-state index contributed by atoms with van der Waals surface area (Å²) in [6.07, 6.45) is 1.25. The Bertz CT molecular complexity index is 438. The zero-order valence-corrected chi connectivity index (χ0v) is 13.9. The van der Waals surface area contributed by atoms with Crippen LogP contribution in [0.2, 0.25) is 0 Å². The fourth-order valence-electron chi connectivity index (χ4n) is 1.08. The van der Waals surface area contributed by atoms with Crippen molar-refractivity contribution in [3.8, 4) is 17.1 Å². The molecule has 0 bridgehead atoms. The standard InChI is InChI=1S/C9H9N3O.C3H8.C2H6.CH6N2/c1-6-10-9(12-11-6)7-2-4-8(13)5-3-7;1-3-2;1-2;1-3-2/h2-5,13H,1H3,(H,10,11,12);3H2,1-2H3;1-2H3;3H,2H2,1H3.